The zero-order valence-electron chi connectivity index (χ0n) is 13.0. The number of aliphatic hydroxyl groups excluding tert-OH is 1. The second-order valence-corrected chi connectivity index (χ2v) is 5.90. The third-order valence-electron chi connectivity index (χ3n) is 3.32. The van der Waals surface area contributed by atoms with Crippen LogP contribution in [0.15, 0.2) is 47.6 Å². The quantitative estimate of drug-likeness (QED) is 0.610. The number of hydrogen-bond donors (Lipinski definition) is 2. The molecule has 126 valence electrons. The number of hydrazone groups is 1. The molecule has 0 bridgehead atoms. The maximum atomic E-state index is 12.0. The van der Waals surface area contributed by atoms with Gasteiger partial charge in [0.15, 0.2) is 0 Å². The molecule has 2 N–H and O–H groups in total. The van der Waals surface area contributed by atoms with E-state index in [1.165, 1.54) is 12.3 Å². The van der Waals surface area contributed by atoms with Gasteiger partial charge < -0.3 is 10.0 Å². The number of aliphatic hydroxyl groups is 1. The van der Waals surface area contributed by atoms with E-state index in [1.54, 1.807) is 12.1 Å². The maximum absolute atomic E-state index is 12.0. The van der Waals surface area contributed by atoms with Crippen molar-refractivity contribution in [1.82, 2.24) is 5.43 Å². The number of halogens is 2. The number of hydrogen-bond acceptors (Lipinski definition) is 4. The second-order valence-electron chi connectivity index (χ2n) is 5.06. The van der Waals surface area contributed by atoms with Gasteiger partial charge in [0.2, 0.25) is 0 Å². The van der Waals surface area contributed by atoms with Crippen molar-refractivity contribution in [2.75, 3.05) is 25.1 Å². The van der Waals surface area contributed by atoms with Crippen molar-refractivity contribution < 1.29 is 9.90 Å². The van der Waals surface area contributed by atoms with Crippen LogP contribution in [-0.2, 0) is 0 Å². The molecule has 1 amide bonds. The topological polar surface area (TPSA) is 64.9 Å². The van der Waals surface area contributed by atoms with Gasteiger partial charge in [0.05, 0.1) is 23.4 Å². The molecule has 0 heterocycles. The van der Waals surface area contributed by atoms with Crippen LogP contribution in [0, 0.1) is 0 Å². The van der Waals surface area contributed by atoms with Gasteiger partial charge in [0, 0.05) is 24.3 Å². The molecule has 0 aliphatic carbocycles. The lowest BCUT2D eigenvalue weighted by Crippen LogP contribution is -2.21. The highest BCUT2D eigenvalue weighted by Crippen LogP contribution is 2.20. The van der Waals surface area contributed by atoms with Crippen molar-refractivity contribution in [3.63, 3.8) is 0 Å². The fourth-order valence-corrected chi connectivity index (χ4v) is 2.37. The zero-order chi connectivity index (χ0) is 17.5. The van der Waals surface area contributed by atoms with Gasteiger partial charge >= 0.3 is 0 Å². The Hall–Kier alpha value is -2.08. The highest BCUT2D eigenvalue weighted by Gasteiger charge is 2.09. The van der Waals surface area contributed by atoms with Crippen LogP contribution in [0.5, 0.6) is 0 Å². The van der Waals surface area contributed by atoms with E-state index >= 15 is 0 Å². The monoisotopic (exact) mass is 365 g/mol. The molecule has 24 heavy (non-hydrogen) atoms. The fraction of sp³-hybridized carbons (Fsp3) is 0.176. The Kier molecular flexibility index (Phi) is 6.61. The van der Waals surface area contributed by atoms with Crippen LogP contribution in [0.2, 0.25) is 10.0 Å². The van der Waals surface area contributed by atoms with Gasteiger partial charge in [-0.1, -0.05) is 35.3 Å². The van der Waals surface area contributed by atoms with Gasteiger partial charge in [0.25, 0.3) is 5.91 Å². The third kappa shape index (κ3) is 4.96. The minimum Gasteiger partial charge on any atom is -0.395 e. The van der Waals surface area contributed by atoms with Gasteiger partial charge in [-0.15, -0.1) is 0 Å². The van der Waals surface area contributed by atoms with Crippen LogP contribution in [0.1, 0.15) is 15.9 Å². The minimum absolute atomic E-state index is 0.0950. The standard InChI is InChI=1S/C17H17Cl2N3O2/c1-22(8-9-23)14-5-2-12(3-6-14)11-20-21-17(24)15-10-13(18)4-7-16(15)19/h2-7,10-11,23H,8-9H2,1H3,(H,21,24)/b20-11-. The summed E-state index contributed by atoms with van der Waals surface area (Å²) in [7, 11) is 1.90. The number of nitrogens with zero attached hydrogens (tertiary/aromatic N) is 2. The highest BCUT2D eigenvalue weighted by atomic mass is 35.5. The lowest BCUT2D eigenvalue weighted by atomic mass is 10.2. The lowest BCUT2D eigenvalue weighted by molar-refractivity contribution is 0.0955. The summed E-state index contributed by atoms with van der Waals surface area (Å²) in [6.07, 6.45) is 1.53. The molecule has 0 atom stereocenters. The molecule has 0 unspecified atom stereocenters. The average molecular weight is 366 g/mol. The molecule has 0 spiro atoms. The van der Waals surface area contributed by atoms with E-state index in [9.17, 15) is 4.79 Å². The molecule has 0 aliphatic heterocycles. The summed E-state index contributed by atoms with van der Waals surface area (Å²) in [5.74, 6) is -0.432. The van der Waals surface area contributed by atoms with E-state index in [0.717, 1.165) is 11.3 Å². The molecule has 2 rings (SSSR count). The van der Waals surface area contributed by atoms with Gasteiger partial charge in [-0.05, 0) is 35.9 Å². The van der Waals surface area contributed by atoms with E-state index < -0.39 is 5.91 Å². The van der Waals surface area contributed by atoms with Crippen molar-refractivity contribution in [3.05, 3.63) is 63.6 Å². The number of anilines is 1. The van der Waals surface area contributed by atoms with Crippen LogP contribution >= 0.6 is 23.2 Å². The first-order valence-corrected chi connectivity index (χ1v) is 7.97. The average Bonchev–Trinajstić information content (AvgIpc) is 2.57. The predicted octanol–water partition coefficient (Wildman–Crippen LogP) is 3.19. The second kappa shape index (κ2) is 8.68. The van der Waals surface area contributed by atoms with E-state index in [1.807, 2.05) is 36.2 Å². The number of rotatable bonds is 6. The largest absolute Gasteiger partial charge is 0.395 e. The fourth-order valence-electron chi connectivity index (χ4n) is 1.99. The van der Waals surface area contributed by atoms with E-state index in [2.05, 4.69) is 10.5 Å². The Morgan fingerprint density at radius 1 is 1.25 bits per heavy atom. The number of benzene rings is 2. The molecule has 0 aliphatic rings. The summed E-state index contributed by atoms with van der Waals surface area (Å²) >= 11 is 11.8. The highest BCUT2D eigenvalue weighted by molar-refractivity contribution is 6.35. The van der Waals surface area contributed by atoms with Gasteiger partial charge in [-0.2, -0.15) is 5.10 Å². The van der Waals surface area contributed by atoms with Crippen LogP contribution < -0.4 is 10.3 Å². The SMILES string of the molecule is CN(CCO)c1ccc(/C=N\NC(=O)c2cc(Cl)ccc2Cl)cc1. The summed E-state index contributed by atoms with van der Waals surface area (Å²) in [5, 5.41) is 13.6. The van der Waals surface area contributed by atoms with Crippen molar-refractivity contribution in [1.29, 1.82) is 0 Å². The molecule has 0 saturated carbocycles. The molecule has 7 heteroatoms. The third-order valence-corrected chi connectivity index (χ3v) is 3.89. The molecule has 0 radical (unpaired) electrons. The minimum atomic E-state index is -0.432. The van der Waals surface area contributed by atoms with Gasteiger partial charge in [0.1, 0.15) is 0 Å². The Morgan fingerprint density at radius 2 is 1.96 bits per heavy atom. The number of nitrogens with one attached hydrogen (secondary N) is 1. The number of carbonyl (C=O) groups excluding carboxylic acids is 1. The first-order valence-electron chi connectivity index (χ1n) is 7.22. The first-order chi connectivity index (χ1) is 11.5. The first kappa shape index (κ1) is 18.3. The molecule has 0 saturated heterocycles. The summed E-state index contributed by atoms with van der Waals surface area (Å²) in [6.45, 7) is 0.654. The molecule has 0 fully saturated rings. The van der Waals surface area contributed by atoms with Crippen molar-refractivity contribution in [2.24, 2.45) is 5.10 Å². The summed E-state index contributed by atoms with van der Waals surface area (Å²) in [6, 6.07) is 12.2. The maximum Gasteiger partial charge on any atom is 0.272 e. The number of amides is 1. The van der Waals surface area contributed by atoms with E-state index in [0.29, 0.717) is 16.6 Å². The van der Waals surface area contributed by atoms with Crippen LogP contribution in [0.4, 0.5) is 5.69 Å². The molecular weight excluding hydrogens is 349 g/mol. The summed E-state index contributed by atoms with van der Waals surface area (Å²) < 4.78 is 0. The predicted molar refractivity (Wildman–Crippen MR) is 98.3 cm³/mol. The number of likely N-dealkylation sites (N-methyl/N-ethyl adjacent to an activating group) is 1. The number of carbonyl (C=O) groups is 1. The van der Waals surface area contributed by atoms with Crippen molar-refractivity contribution >= 4 is 41.0 Å². The van der Waals surface area contributed by atoms with Crippen molar-refractivity contribution in [2.45, 2.75) is 0 Å². The Bertz CT molecular complexity index is 733. The Balaban J connectivity index is 1.98. The smallest absolute Gasteiger partial charge is 0.272 e. The van der Waals surface area contributed by atoms with Crippen LogP contribution in [0.25, 0.3) is 0 Å². The molecule has 0 aromatic heterocycles. The van der Waals surface area contributed by atoms with E-state index in [-0.39, 0.29) is 12.2 Å². The van der Waals surface area contributed by atoms with Crippen LogP contribution in [0.3, 0.4) is 0 Å². The summed E-state index contributed by atoms with van der Waals surface area (Å²) in [5.41, 5.74) is 4.49. The van der Waals surface area contributed by atoms with Gasteiger partial charge in [-0.3, -0.25) is 4.79 Å². The molecule has 2 aromatic rings. The molecule has 2 aromatic carbocycles. The Morgan fingerprint density at radius 3 is 2.62 bits per heavy atom. The molecular formula is C17H17Cl2N3O2. The summed E-state index contributed by atoms with van der Waals surface area (Å²) in [4.78, 5) is 14.0. The Labute approximate surface area is 150 Å². The normalized spacial score (nSPS) is 10.8. The zero-order valence-corrected chi connectivity index (χ0v) is 14.6. The van der Waals surface area contributed by atoms with E-state index in [4.69, 9.17) is 28.3 Å². The lowest BCUT2D eigenvalue weighted by Gasteiger charge is -2.17. The van der Waals surface area contributed by atoms with Crippen LogP contribution in [-0.4, -0.2) is 37.4 Å². The van der Waals surface area contributed by atoms with Gasteiger partial charge in [-0.25, -0.2) is 5.43 Å². The van der Waals surface area contributed by atoms with Crippen molar-refractivity contribution in [3.8, 4) is 0 Å². The molecule has 5 nitrogen and oxygen atoms in total.